The Labute approximate surface area is 299 Å². The van der Waals surface area contributed by atoms with Crippen molar-refractivity contribution in [3.63, 3.8) is 0 Å². The molecule has 4 amide bonds. The smallest absolute Gasteiger partial charge is 0.289 e. The van der Waals surface area contributed by atoms with Crippen molar-refractivity contribution in [2.24, 2.45) is 16.0 Å². The molecule has 1 aromatic rings. The number of nitrogens with zero attached hydrogens (tertiary/aromatic N) is 2. The van der Waals surface area contributed by atoms with Crippen LogP contribution in [0.3, 0.4) is 0 Å². The average molecular weight is 718 g/mol. The van der Waals surface area contributed by atoms with Crippen molar-refractivity contribution >= 4 is 46.7 Å². The molecule has 50 heavy (non-hydrogen) atoms. The summed E-state index contributed by atoms with van der Waals surface area (Å²) in [6, 6.07) is 0.125. The van der Waals surface area contributed by atoms with Crippen LogP contribution in [0.1, 0.15) is 99.0 Å². The fourth-order valence-corrected chi connectivity index (χ4v) is 6.58. The highest BCUT2D eigenvalue weighted by atomic mass is 35.5. The lowest BCUT2D eigenvalue weighted by Crippen LogP contribution is -2.59. The third-order valence-corrected chi connectivity index (χ3v) is 9.36. The number of amides is 4. The molecule has 13 nitrogen and oxygen atoms in total. The average Bonchev–Trinajstić information content (AvgIpc) is 3.62. The summed E-state index contributed by atoms with van der Waals surface area (Å²) in [5.41, 5.74) is -1.09. The first-order chi connectivity index (χ1) is 23.3. The zero-order chi connectivity index (χ0) is 37.2. The van der Waals surface area contributed by atoms with Crippen LogP contribution in [-0.4, -0.2) is 90.6 Å². The van der Waals surface area contributed by atoms with Crippen LogP contribution in [0.5, 0.6) is 11.5 Å². The molecule has 2 heterocycles. The SMILES string of the molecule is CCC[C@H](NC(=O)[C@@H]1C[C@]2(CC(c3cc(Cl)c(OC)cc3OC)=NO2)CN1C(=O)[C@@H](NC(=O)CC(C)(C)C)C(C)(C)C)C(=O)C(=O)NC1CC1. The maximum absolute atomic E-state index is 14.6. The van der Waals surface area contributed by atoms with Gasteiger partial charge in [-0.05, 0) is 36.2 Å². The van der Waals surface area contributed by atoms with Crippen molar-refractivity contribution in [1.29, 1.82) is 0 Å². The summed E-state index contributed by atoms with van der Waals surface area (Å²) >= 11 is 6.46. The molecule has 4 rings (SSSR count). The Hall–Kier alpha value is -3.87. The van der Waals surface area contributed by atoms with Gasteiger partial charge in [0.2, 0.25) is 23.5 Å². The number of halogens is 1. The first-order valence-electron chi connectivity index (χ1n) is 17.2. The third kappa shape index (κ3) is 9.26. The number of likely N-dealkylation sites (tertiary alicyclic amines) is 1. The van der Waals surface area contributed by atoms with E-state index in [1.165, 1.54) is 19.1 Å². The second-order valence-electron chi connectivity index (χ2n) is 15.9. The van der Waals surface area contributed by atoms with E-state index in [2.05, 4.69) is 21.1 Å². The van der Waals surface area contributed by atoms with Gasteiger partial charge < -0.3 is 35.2 Å². The number of Topliss-reactive ketones (excluding diaryl/α,β-unsaturated/α-hetero) is 1. The standard InChI is InChI=1S/C36H52ClN5O8/c1-10-11-23(29(44)32(46)38-20-12-13-20)39-31(45)25-17-36(16-24(41-50-36)21-14-22(37)27(49-9)15-26(21)48-8)19-42(25)33(47)30(35(5,6)7)40-28(43)18-34(2,3)4/h14-15,20,23,25,30H,10-13,16-19H2,1-9H3,(H,38,46)(H,39,45)(H,40,43)/t23-,25-,30+,36+/m0/s1. The Bertz CT molecular complexity index is 1530. The van der Waals surface area contributed by atoms with Crippen LogP contribution in [0.4, 0.5) is 0 Å². The molecule has 2 fully saturated rings. The van der Waals surface area contributed by atoms with Crippen LogP contribution >= 0.6 is 11.6 Å². The highest BCUT2D eigenvalue weighted by Crippen LogP contribution is 2.42. The maximum Gasteiger partial charge on any atom is 0.289 e. The van der Waals surface area contributed by atoms with Gasteiger partial charge in [-0.15, -0.1) is 0 Å². The Kier molecular flexibility index (Phi) is 11.8. The van der Waals surface area contributed by atoms with E-state index in [0.29, 0.717) is 34.2 Å². The summed E-state index contributed by atoms with van der Waals surface area (Å²) < 4.78 is 10.9. The van der Waals surface area contributed by atoms with E-state index < -0.39 is 52.6 Å². The highest BCUT2D eigenvalue weighted by Gasteiger charge is 2.56. The first kappa shape index (κ1) is 38.9. The molecule has 0 unspecified atom stereocenters. The van der Waals surface area contributed by atoms with Crippen molar-refractivity contribution in [3.05, 3.63) is 22.7 Å². The normalized spacial score (nSPS) is 21.5. The van der Waals surface area contributed by atoms with Crippen LogP contribution in [0.2, 0.25) is 5.02 Å². The van der Waals surface area contributed by atoms with E-state index >= 15 is 0 Å². The summed E-state index contributed by atoms with van der Waals surface area (Å²) in [6.45, 7) is 13.2. The van der Waals surface area contributed by atoms with Gasteiger partial charge in [0.1, 0.15) is 23.6 Å². The van der Waals surface area contributed by atoms with E-state index in [9.17, 15) is 24.0 Å². The summed E-state index contributed by atoms with van der Waals surface area (Å²) in [7, 11) is 3.00. The number of benzene rings is 1. The second kappa shape index (κ2) is 15.2. The molecule has 0 radical (unpaired) electrons. The lowest BCUT2D eigenvalue weighted by molar-refractivity contribution is -0.145. The Morgan fingerprint density at radius 1 is 1.04 bits per heavy atom. The van der Waals surface area contributed by atoms with Gasteiger partial charge in [-0.3, -0.25) is 24.0 Å². The molecular weight excluding hydrogens is 666 g/mol. The summed E-state index contributed by atoms with van der Waals surface area (Å²) in [4.78, 5) is 75.3. The fourth-order valence-electron chi connectivity index (χ4n) is 6.34. The van der Waals surface area contributed by atoms with Crippen molar-refractivity contribution < 1.29 is 38.3 Å². The minimum absolute atomic E-state index is 0.0250. The van der Waals surface area contributed by atoms with Crippen LogP contribution in [0.15, 0.2) is 17.3 Å². The minimum atomic E-state index is -1.12. The predicted molar refractivity (Wildman–Crippen MR) is 188 cm³/mol. The topological polar surface area (TPSA) is 165 Å². The second-order valence-corrected chi connectivity index (χ2v) is 16.3. The molecule has 1 spiro atoms. The summed E-state index contributed by atoms with van der Waals surface area (Å²) in [5, 5.41) is 13.1. The molecule has 3 aliphatic rings. The van der Waals surface area contributed by atoms with Crippen molar-refractivity contribution in [1.82, 2.24) is 20.9 Å². The predicted octanol–water partition coefficient (Wildman–Crippen LogP) is 3.92. The molecule has 1 saturated heterocycles. The molecule has 2 aliphatic heterocycles. The quantitative estimate of drug-likeness (QED) is 0.259. The monoisotopic (exact) mass is 717 g/mol. The number of hydrogen-bond donors (Lipinski definition) is 3. The van der Waals surface area contributed by atoms with Crippen molar-refractivity contribution in [2.75, 3.05) is 20.8 Å². The number of rotatable bonds is 13. The molecule has 1 saturated carbocycles. The largest absolute Gasteiger partial charge is 0.496 e. The van der Waals surface area contributed by atoms with Crippen LogP contribution < -0.4 is 25.4 Å². The highest BCUT2D eigenvalue weighted by molar-refractivity contribution is 6.38. The van der Waals surface area contributed by atoms with Crippen molar-refractivity contribution in [3.8, 4) is 11.5 Å². The van der Waals surface area contributed by atoms with Gasteiger partial charge in [-0.2, -0.15) is 0 Å². The molecule has 276 valence electrons. The van der Waals surface area contributed by atoms with Gasteiger partial charge in [-0.25, -0.2) is 0 Å². The van der Waals surface area contributed by atoms with Crippen molar-refractivity contribution in [2.45, 2.75) is 123 Å². The maximum atomic E-state index is 14.6. The zero-order valence-electron chi connectivity index (χ0n) is 30.7. The van der Waals surface area contributed by atoms with Gasteiger partial charge in [0, 0.05) is 36.9 Å². The van der Waals surface area contributed by atoms with Gasteiger partial charge >= 0.3 is 0 Å². The number of ketones is 1. The van der Waals surface area contributed by atoms with E-state index in [1.807, 2.05) is 48.5 Å². The Morgan fingerprint density at radius 2 is 1.70 bits per heavy atom. The number of carbonyl (C=O) groups is 5. The lowest BCUT2D eigenvalue weighted by Gasteiger charge is -2.36. The molecular formula is C36H52ClN5O8. The summed E-state index contributed by atoms with van der Waals surface area (Å²) in [5.74, 6) is -1.96. The van der Waals surface area contributed by atoms with E-state index in [1.54, 1.807) is 12.1 Å². The van der Waals surface area contributed by atoms with Gasteiger partial charge in [0.25, 0.3) is 5.91 Å². The number of nitrogens with one attached hydrogen (secondary N) is 3. The molecule has 0 aromatic heterocycles. The minimum Gasteiger partial charge on any atom is -0.496 e. The number of methoxy groups -OCH3 is 2. The number of carbonyl (C=O) groups excluding carboxylic acids is 5. The van der Waals surface area contributed by atoms with E-state index in [-0.39, 0.29) is 49.6 Å². The Morgan fingerprint density at radius 3 is 2.26 bits per heavy atom. The molecule has 3 N–H and O–H groups in total. The van der Waals surface area contributed by atoms with E-state index in [0.717, 1.165) is 12.8 Å². The molecule has 1 aromatic carbocycles. The third-order valence-electron chi connectivity index (χ3n) is 9.07. The van der Waals surface area contributed by atoms with E-state index in [4.69, 9.17) is 25.9 Å². The first-order valence-corrected chi connectivity index (χ1v) is 17.6. The number of oxime groups is 1. The van der Waals surface area contributed by atoms with Gasteiger partial charge in [0.05, 0.1) is 37.5 Å². The van der Waals surface area contributed by atoms with Gasteiger partial charge in [0.15, 0.2) is 5.60 Å². The molecule has 4 atom stereocenters. The lowest BCUT2D eigenvalue weighted by atomic mass is 9.84. The van der Waals surface area contributed by atoms with Gasteiger partial charge in [-0.1, -0.05) is 71.6 Å². The summed E-state index contributed by atoms with van der Waals surface area (Å²) in [6.07, 6.45) is 2.83. The number of ether oxygens (including phenoxy) is 2. The van der Waals surface area contributed by atoms with Crippen LogP contribution in [0.25, 0.3) is 0 Å². The number of hydrogen-bond acceptors (Lipinski definition) is 9. The zero-order valence-corrected chi connectivity index (χ0v) is 31.4. The fraction of sp³-hybridized carbons (Fsp3) is 0.667. The Balaban J connectivity index is 1.66. The van der Waals surface area contributed by atoms with Crippen LogP contribution in [0, 0.1) is 10.8 Å². The van der Waals surface area contributed by atoms with Crippen LogP contribution in [-0.2, 0) is 28.8 Å². The molecule has 14 heteroatoms. The molecule has 1 aliphatic carbocycles. The molecule has 0 bridgehead atoms.